The summed E-state index contributed by atoms with van der Waals surface area (Å²) in [7, 11) is 0. The summed E-state index contributed by atoms with van der Waals surface area (Å²) in [6.45, 7) is 3.34. The first-order valence-corrected chi connectivity index (χ1v) is 8.79. The van der Waals surface area contributed by atoms with E-state index in [9.17, 15) is 24.0 Å². The molecule has 0 spiro atoms. The van der Waals surface area contributed by atoms with Crippen LogP contribution in [0, 0.1) is 0 Å². The van der Waals surface area contributed by atoms with Crippen molar-refractivity contribution in [2.45, 2.75) is 58.4 Å². The third-order valence-electron chi connectivity index (χ3n) is 3.54. The molecule has 0 amide bonds. The second-order valence-electron chi connectivity index (χ2n) is 6.05. The molecule has 0 bridgehead atoms. The smallest absolute Gasteiger partial charge is 0.463 e. The number of esters is 4. The quantitative estimate of drug-likeness (QED) is 0.286. The van der Waals surface area contributed by atoms with Crippen LogP contribution in [-0.2, 0) is 52.3 Å². The van der Waals surface area contributed by atoms with Crippen molar-refractivity contribution < 1.29 is 62.2 Å². The minimum Gasteiger partial charge on any atom is -0.463 e. The molecule has 13 heteroatoms. The summed E-state index contributed by atoms with van der Waals surface area (Å²) in [6, 6.07) is 0. The van der Waals surface area contributed by atoms with Crippen LogP contribution in [0.15, 0.2) is 0 Å². The maximum absolute atomic E-state index is 11.6. The van der Waals surface area contributed by atoms with Crippen molar-refractivity contribution in [3.8, 4) is 0 Å². The van der Waals surface area contributed by atoms with E-state index in [1.165, 1.54) is 0 Å². The molecule has 0 saturated carbocycles. The van der Waals surface area contributed by atoms with E-state index >= 15 is 0 Å². The van der Waals surface area contributed by atoms with Crippen LogP contribution in [0.3, 0.4) is 0 Å². The first-order valence-electron chi connectivity index (χ1n) is 8.79. The van der Waals surface area contributed by atoms with Gasteiger partial charge in [0.05, 0.1) is 6.61 Å². The van der Waals surface area contributed by atoms with Gasteiger partial charge in [0.25, 0.3) is 0 Å². The second-order valence-corrected chi connectivity index (χ2v) is 6.05. The summed E-state index contributed by atoms with van der Waals surface area (Å²) in [5, 5.41) is 8.51. The van der Waals surface area contributed by atoms with Crippen LogP contribution in [0.4, 0.5) is 4.79 Å². The van der Waals surface area contributed by atoms with Crippen LogP contribution >= 0.6 is 0 Å². The Kier molecular flexibility index (Phi) is 9.98. The van der Waals surface area contributed by atoms with E-state index in [1.54, 1.807) is 0 Å². The molecule has 0 aromatic carbocycles. The summed E-state index contributed by atoms with van der Waals surface area (Å²) < 4.78 is 35.8. The second kappa shape index (κ2) is 11.9. The standard InChI is InChI=1S/C17H24O13/c1-8(18)26-7-12-13(27-9(2)19)14(28-10(3)20)15(29-11(4)21)16(30-12)24-5-6-25-17(22)23/h12-16H,5-7H2,1-4H3,(H,22,23)/t12-,13-,14+,15-,16-/m1/s1. The predicted octanol–water partition coefficient (Wildman–Crippen LogP) is -0.219. The van der Waals surface area contributed by atoms with Gasteiger partial charge in [-0.15, -0.1) is 0 Å². The number of rotatable bonds is 9. The molecule has 0 aromatic heterocycles. The maximum atomic E-state index is 11.6. The molecule has 1 saturated heterocycles. The van der Waals surface area contributed by atoms with Crippen LogP contribution < -0.4 is 0 Å². The molecule has 0 aliphatic carbocycles. The molecule has 1 fully saturated rings. The summed E-state index contributed by atoms with van der Waals surface area (Å²) in [4.78, 5) is 56.4. The van der Waals surface area contributed by atoms with E-state index in [0.717, 1.165) is 27.7 Å². The highest BCUT2D eigenvalue weighted by Crippen LogP contribution is 2.29. The summed E-state index contributed by atoms with van der Waals surface area (Å²) in [5.41, 5.74) is 0. The zero-order valence-electron chi connectivity index (χ0n) is 16.9. The molecule has 170 valence electrons. The Balaban J connectivity index is 3.17. The van der Waals surface area contributed by atoms with Gasteiger partial charge in [0.2, 0.25) is 0 Å². The Morgan fingerprint density at radius 3 is 1.77 bits per heavy atom. The van der Waals surface area contributed by atoms with E-state index in [1.807, 2.05) is 0 Å². The molecule has 1 rings (SSSR count). The van der Waals surface area contributed by atoms with Crippen LogP contribution in [0.5, 0.6) is 0 Å². The largest absolute Gasteiger partial charge is 0.505 e. The van der Waals surface area contributed by atoms with Gasteiger partial charge >= 0.3 is 30.0 Å². The first kappa shape index (κ1) is 25.1. The number of hydrogen-bond acceptors (Lipinski definition) is 12. The molecule has 1 aliphatic heterocycles. The molecule has 13 nitrogen and oxygen atoms in total. The number of ether oxygens (including phenoxy) is 7. The van der Waals surface area contributed by atoms with E-state index < -0.39 is 67.3 Å². The minimum atomic E-state index is -1.53. The summed E-state index contributed by atoms with van der Waals surface area (Å²) in [6.07, 6.45) is -8.11. The highest BCUT2D eigenvalue weighted by atomic mass is 16.7. The third kappa shape index (κ3) is 8.61. The Morgan fingerprint density at radius 2 is 1.27 bits per heavy atom. The first-order chi connectivity index (χ1) is 14.0. The third-order valence-corrected chi connectivity index (χ3v) is 3.54. The predicted molar refractivity (Wildman–Crippen MR) is 91.9 cm³/mol. The molecule has 30 heavy (non-hydrogen) atoms. The Morgan fingerprint density at radius 1 is 0.733 bits per heavy atom. The van der Waals surface area contributed by atoms with Crippen molar-refractivity contribution >= 4 is 30.0 Å². The van der Waals surface area contributed by atoms with Crippen molar-refractivity contribution in [2.24, 2.45) is 0 Å². The van der Waals surface area contributed by atoms with Gasteiger partial charge in [-0.05, 0) is 0 Å². The van der Waals surface area contributed by atoms with Crippen LogP contribution in [0.2, 0.25) is 0 Å². The van der Waals surface area contributed by atoms with E-state index in [-0.39, 0.29) is 13.2 Å². The summed E-state index contributed by atoms with van der Waals surface area (Å²) in [5.74, 6) is -2.98. The monoisotopic (exact) mass is 436 g/mol. The van der Waals surface area contributed by atoms with Gasteiger partial charge in [0, 0.05) is 27.7 Å². The van der Waals surface area contributed by atoms with Gasteiger partial charge in [0.1, 0.15) is 19.3 Å². The lowest BCUT2D eigenvalue weighted by atomic mass is 9.98. The lowest BCUT2D eigenvalue weighted by Crippen LogP contribution is -2.63. The van der Waals surface area contributed by atoms with Crippen molar-refractivity contribution in [1.82, 2.24) is 0 Å². The highest BCUT2D eigenvalue weighted by molar-refractivity contribution is 5.68. The molecule has 0 aromatic rings. The van der Waals surface area contributed by atoms with Gasteiger partial charge in [-0.1, -0.05) is 0 Å². The van der Waals surface area contributed by atoms with Crippen molar-refractivity contribution in [3.05, 3.63) is 0 Å². The highest BCUT2D eigenvalue weighted by Gasteiger charge is 2.52. The number of hydrogen-bond donors (Lipinski definition) is 1. The maximum Gasteiger partial charge on any atom is 0.505 e. The number of carboxylic acid groups (broad SMARTS) is 1. The van der Waals surface area contributed by atoms with E-state index in [2.05, 4.69) is 4.74 Å². The fourth-order valence-corrected chi connectivity index (χ4v) is 2.62. The Hall–Kier alpha value is -2.93. The number of carbonyl (C=O) groups excluding carboxylic acids is 4. The normalized spacial score (nSPS) is 25.5. The zero-order chi connectivity index (χ0) is 22.8. The van der Waals surface area contributed by atoms with Crippen LogP contribution in [0.25, 0.3) is 0 Å². The molecule has 0 radical (unpaired) electrons. The van der Waals surface area contributed by atoms with Crippen LogP contribution in [0.1, 0.15) is 27.7 Å². The number of carbonyl (C=O) groups is 5. The lowest BCUT2D eigenvalue weighted by molar-refractivity contribution is -0.308. The summed E-state index contributed by atoms with van der Waals surface area (Å²) >= 11 is 0. The Bertz CT molecular complexity index is 646. The van der Waals surface area contributed by atoms with Crippen molar-refractivity contribution in [1.29, 1.82) is 0 Å². The van der Waals surface area contributed by atoms with Gasteiger partial charge < -0.3 is 38.3 Å². The van der Waals surface area contributed by atoms with E-state index in [4.69, 9.17) is 33.5 Å². The van der Waals surface area contributed by atoms with Gasteiger partial charge in [-0.3, -0.25) is 19.2 Å². The average Bonchev–Trinajstić information content (AvgIpc) is 2.60. The SMILES string of the molecule is CC(=O)OC[C@H]1O[C@@H](OCCOC(=O)O)[C@H](OC(C)=O)[C@@H](OC(C)=O)[C@@H]1OC(C)=O. The zero-order valence-corrected chi connectivity index (χ0v) is 16.9. The molecule has 1 aliphatic rings. The van der Waals surface area contributed by atoms with Gasteiger partial charge in [0.15, 0.2) is 24.6 Å². The fraction of sp³-hybridized carbons (Fsp3) is 0.706. The van der Waals surface area contributed by atoms with Crippen molar-refractivity contribution in [2.75, 3.05) is 19.8 Å². The molecular formula is C17H24O13. The molecule has 1 heterocycles. The van der Waals surface area contributed by atoms with Gasteiger partial charge in [-0.2, -0.15) is 0 Å². The molecule has 5 atom stereocenters. The fourth-order valence-electron chi connectivity index (χ4n) is 2.62. The minimum absolute atomic E-state index is 0.306. The van der Waals surface area contributed by atoms with E-state index in [0.29, 0.717) is 0 Å². The Labute approximate surface area is 171 Å². The molecular weight excluding hydrogens is 412 g/mol. The van der Waals surface area contributed by atoms with Crippen LogP contribution in [-0.4, -0.2) is 85.7 Å². The average molecular weight is 436 g/mol. The topological polar surface area (TPSA) is 170 Å². The molecule has 0 unspecified atom stereocenters. The molecule has 1 N–H and O–H groups in total. The van der Waals surface area contributed by atoms with Crippen molar-refractivity contribution in [3.63, 3.8) is 0 Å². The lowest BCUT2D eigenvalue weighted by Gasteiger charge is -2.44. The van der Waals surface area contributed by atoms with Gasteiger partial charge in [-0.25, -0.2) is 4.79 Å².